The lowest BCUT2D eigenvalue weighted by atomic mass is 9.69. The Kier molecular flexibility index (Phi) is 5.28. The van der Waals surface area contributed by atoms with Crippen LogP contribution >= 0.6 is 0 Å². The zero-order valence-corrected chi connectivity index (χ0v) is 19.1. The van der Waals surface area contributed by atoms with Gasteiger partial charge >= 0.3 is 0 Å². The van der Waals surface area contributed by atoms with Crippen molar-refractivity contribution >= 4 is 10.9 Å². The second-order valence-corrected chi connectivity index (χ2v) is 9.10. The predicted molar refractivity (Wildman–Crippen MR) is 124 cm³/mol. The molecule has 32 heavy (non-hydrogen) atoms. The fourth-order valence-corrected chi connectivity index (χ4v) is 5.72. The van der Waals surface area contributed by atoms with Crippen LogP contribution in [0, 0.1) is 0 Å². The van der Waals surface area contributed by atoms with E-state index in [4.69, 9.17) is 14.2 Å². The summed E-state index contributed by atoms with van der Waals surface area (Å²) in [5.74, 6) is 2.37. The van der Waals surface area contributed by atoms with Gasteiger partial charge in [0.05, 0.1) is 34.0 Å². The maximum atomic E-state index is 10.5. The van der Waals surface area contributed by atoms with Gasteiger partial charge in [0.2, 0.25) is 0 Å². The van der Waals surface area contributed by atoms with E-state index in [9.17, 15) is 5.11 Å². The van der Waals surface area contributed by atoms with Gasteiger partial charge in [-0.25, -0.2) is 0 Å². The highest BCUT2D eigenvalue weighted by atomic mass is 16.5. The number of aliphatic hydroxyl groups excluding tert-OH is 1. The van der Waals surface area contributed by atoms with Crippen LogP contribution in [0.4, 0.5) is 0 Å². The molecular weight excluding hydrogens is 406 g/mol. The molecule has 3 aromatic rings. The first kappa shape index (κ1) is 21.1. The summed E-state index contributed by atoms with van der Waals surface area (Å²) >= 11 is 0. The standard InChI is InChI=1S/C25H31N3O4/c1-27-13-25(14-27)15-28(11-16-7-18(31-3)9-19(8-16)32-4)22(12-29)24-23(25)20-6-5-17(30-2)10-21(20)26-24/h5-10,22,26,29H,11-15H2,1-4H3/t22-/m0/s1. The average molecular weight is 438 g/mol. The van der Waals surface area contributed by atoms with Crippen molar-refractivity contribution in [3.8, 4) is 17.2 Å². The molecule has 0 saturated carbocycles. The van der Waals surface area contributed by atoms with Gasteiger partial charge in [-0.05, 0) is 42.4 Å². The van der Waals surface area contributed by atoms with Crippen LogP contribution in [-0.4, -0.2) is 74.5 Å². The quantitative estimate of drug-likeness (QED) is 0.618. The molecule has 1 aromatic heterocycles. The molecule has 1 atom stereocenters. The zero-order chi connectivity index (χ0) is 22.5. The maximum Gasteiger partial charge on any atom is 0.122 e. The molecule has 2 aliphatic rings. The molecular formula is C25H31N3O4. The van der Waals surface area contributed by atoms with E-state index >= 15 is 0 Å². The van der Waals surface area contributed by atoms with Gasteiger partial charge in [-0.1, -0.05) is 0 Å². The number of ether oxygens (including phenoxy) is 3. The second-order valence-electron chi connectivity index (χ2n) is 9.10. The van der Waals surface area contributed by atoms with E-state index in [0.717, 1.165) is 53.7 Å². The number of hydrogen-bond acceptors (Lipinski definition) is 6. The average Bonchev–Trinajstić information content (AvgIpc) is 3.16. The van der Waals surface area contributed by atoms with Crippen LogP contribution in [0.5, 0.6) is 17.2 Å². The van der Waals surface area contributed by atoms with E-state index in [0.29, 0.717) is 6.54 Å². The number of aliphatic hydroxyl groups is 1. The molecule has 5 rings (SSSR count). The van der Waals surface area contributed by atoms with Gasteiger partial charge in [0.1, 0.15) is 17.2 Å². The summed E-state index contributed by atoms with van der Waals surface area (Å²) < 4.78 is 16.4. The first-order chi connectivity index (χ1) is 15.5. The van der Waals surface area contributed by atoms with Crippen molar-refractivity contribution in [3.05, 3.63) is 53.2 Å². The summed E-state index contributed by atoms with van der Waals surface area (Å²) in [4.78, 5) is 8.39. The number of likely N-dealkylation sites (N-methyl/N-ethyl adjacent to an activating group) is 1. The Morgan fingerprint density at radius 1 is 0.969 bits per heavy atom. The van der Waals surface area contributed by atoms with Crippen molar-refractivity contribution < 1.29 is 19.3 Å². The number of nitrogens with one attached hydrogen (secondary N) is 1. The number of likely N-dealkylation sites (tertiary alicyclic amines) is 1. The largest absolute Gasteiger partial charge is 0.497 e. The number of fused-ring (bicyclic) bond motifs is 4. The van der Waals surface area contributed by atoms with Crippen LogP contribution in [0.25, 0.3) is 10.9 Å². The lowest BCUT2D eigenvalue weighted by Gasteiger charge is -2.55. The van der Waals surface area contributed by atoms with Gasteiger partial charge in [-0.15, -0.1) is 0 Å². The zero-order valence-electron chi connectivity index (χ0n) is 19.1. The number of aromatic amines is 1. The number of rotatable bonds is 6. The summed E-state index contributed by atoms with van der Waals surface area (Å²) in [6.07, 6.45) is 0. The second kappa shape index (κ2) is 7.99. The van der Waals surface area contributed by atoms with Gasteiger partial charge in [-0.3, -0.25) is 4.90 Å². The highest BCUT2D eigenvalue weighted by Crippen LogP contribution is 2.48. The minimum atomic E-state index is -0.114. The molecule has 1 spiro atoms. The molecule has 0 radical (unpaired) electrons. The molecule has 0 aliphatic carbocycles. The van der Waals surface area contributed by atoms with Crippen LogP contribution in [0.1, 0.15) is 22.9 Å². The minimum Gasteiger partial charge on any atom is -0.497 e. The Morgan fingerprint density at radius 2 is 1.66 bits per heavy atom. The summed E-state index contributed by atoms with van der Waals surface area (Å²) in [5.41, 5.74) is 4.66. The molecule has 7 nitrogen and oxygen atoms in total. The molecule has 0 amide bonds. The fraction of sp³-hybridized carbons (Fsp3) is 0.440. The van der Waals surface area contributed by atoms with Crippen LogP contribution in [0.2, 0.25) is 0 Å². The number of aromatic nitrogens is 1. The van der Waals surface area contributed by atoms with Gasteiger partial charge in [0.25, 0.3) is 0 Å². The van der Waals surface area contributed by atoms with Crippen LogP contribution in [0.3, 0.4) is 0 Å². The Morgan fingerprint density at radius 3 is 2.25 bits per heavy atom. The van der Waals surface area contributed by atoms with E-state index < -0.39 is 0 Å². The molecule has 2 aliphatic heterocycles. The van der Waals surface area contributed by atoms with Crippen LogP contribution in [0.15, 0.2) is 36.4 Å². The van der Waals surface area contributed by atoms with E-state index in [-0.39, 0.29) is 18.1 Å². The maximum absolute atomic E-state index is 10.5. The summed E-state index contributed by atoms with van der Waals surface area (Å²) in [7, 11) is 7.19. The van der Waals surface area contributed by atoms with Crippen molar-refractivity contribution in [1.29, 1.82) is 0 Å². The third-order valence-corrected chi connectivity index (χ3v) is 6.96. The number of H-pyrrole nitrogens is 1. The Balaban J connectivity index is 1.58. The molecule has 0 bridgehead atoms. The molecule has 170 valence electrons. The first-order valence-corrected chi connectivity index (χ1v) is 11.0. The van der Waals surface area contributed by atoms with Crippen molar-refractivity contribution in [3.63, 3.8) is 0 Å². The Hall–Kier alpha value is -2.74. The minimum absolute atomic E-state index is 0.0333. The summed E-state index contributed by atoms with van der Waals surface area (Å²) in [5, 5.41) is 11.7. The molecule has 3 heterocycles. The fourth-order valence-electron chi connectivity index (χ4n) is 5.72. The smallest absolute Gasteiger partial charge is 0.122 e. The molecule has 2 N–H and O–H groups in total. The predicted octanol–water partition coefficient (Wildman–Crippen LogP) is 2.93. The van der Waals surface area contributed by atoms with Crippen molar-refractivity contribution in [1.82, 2.24) is 14.8 Å². The van der Waals surface area contributed by atoms with Gasteiger partial charge in [0.15, 0.2) is 0 Å². The highest BCUT2D eigenvalue weighted by molar-refractivity contribution is 5.88. The van der Waals surface area contributed by atoms with Crippen molar-refractivity contribution in [2.45, 2.75) is 18.0 Å². The van der Waals surface area contributed by atoms with Crippen molar-refractivity contribution in [2.24, 2.45) is 0 Å². The van der Waals surface area contributed by atoms with E-state index in [1.807, 2.05) is 24.3 Å². The lowest BCUT2D eigenvalue weighted by Crippen LogP contribution is -2.65. The summed E-state index contributed by atoms with van der Waals surface area (Å²) in [6.45, 7) is 3.62. The van der Waals surface area contributed by atoms with Crippen LogP contribution in [-0.2, 0) is 12.0 Å². The lowest BCUT2D eigenvalue weighted by molar-refractivity contribution is 0.00418. The first-order valence-electron chi connectivity index (χ1n) is 11.0. The number of benzene rings is 2. The highest BCUT2D eigenvalue weighted by Gasteiger charge is 2.51. The topological polar surface area (TPSA) is 70.2 Å². The molecule has 2 aromatic carbocycles. The van der Waals surface area contributed by atoms with Crippen LogP contribution < -0.4 is 14.2 Å². The molecule has 0 unspecified atom stereocenters. The number of nitrogens with zero attached hydrogens (tertiary/aromatic N) is 2. The molecule has 1 saturated heterocycles. The molecule has 7 heteroatoms. The van der Waals surface area contributed by atoms with Gasteiger partial charge < -0.3 is 29.2 Å². The Labute approximate surface area is 188 Å². The normalized spacial score (nSPS) is 20.2. The van der Waals surface area contributed by atoms with E-state index in [1.54, 1.807) is 21.3 Å². The van der Waals surface area contributed by atoms with E-state index in [1.165, 1.54) is 10.9 Å². The third kappa shape index (κ3) is 3.32. The Bertz CT molecular complexity index is 1110. The van der Waals surface area contributed by atoms with Crippen molar-refractivity contribution in [2.75, 3.05) is 54.6 Å². The van der Waals surface area contributed by atoms with Gasteiger partial charge in [-0.2, -0.15) is 0 Å². The van der Waals surface area contributed by atoms with Gasteiger partial charge in [0, 0.05) is 60.3 Å². The monoisotopic (exact) mass is 437 g/mol. The number of hydrogen-bond donors (Lipinski definition) is 2. The molecule has 1 fully saturated rings. The SMILES string of the molecule is COc1cc(CN2CC3(CN(C)C3)c3c([nH]c4cc(OC)ccc34)[C@@H]2CO)cc(OC)c1. The van der Waals surface area contributed by atoms with E-state index in [2.05, 4.69) is 34.0 Å². The summed E-state index contributed by atoms with van der Waals surface area (Å²) in [6, 6.07) is 12.1. The number of methoxy groups -OCH3 is 3. The third-order valence-electron chi connectivity index (χ3n) is 6.96.